The minimum absolute atomic E-state index is 0.00634. The summed E-state index contributed by atoms with van der Waals surface area (Å²) in [6.07, 6.45) is 1.41. The summed E-state index contributed by atoms with van der Waals surface area (Å²) in [6, 6.07) is 5.39. The third kappa shape index (κ3) is 3.94. The second-order valence-corrected chi connectivity index (χ2v) is 11.7. The molecule has 0 spiro atoms. The van der Waals surface area contributed by atoms with E-state index in [0.717, 1.165) is 25.7 Å². The molecular formula is C28H34F3NO3. The Balaban J connectivity index is 1.40. The van der Waals surface area contributed by atoms with E-state index in [9.17, 15) is 27.9 Å². The third-order valence-corrected chi connectivity index (χ3v) is 9.84. The first-order chi connectivity index (χ1) is 16.4. The number of carbonyl (C=O) groups excluding carboxylic acids is 2. The Morgan fingerprint density at radius 3 is 2.51 bits per heavy atom. The second kappa shape index (κ2) is 8.46. The highest BCUT2D eigenvalue weighted by Gasteiger charge is 2.63. The molecule has 190 valence electrons. The monoisotopic (exact) mass is 489 g/mol. The van der Waals surface area contributed by atoms with Gasteiger partial charge in [0.05, 0.1) is 6.10 Å². The second-order valence-electron chi connectivity index (χ2n) is 11.7. The number of allylic oxidation sites excluding steroid dienone is 1. The van der Waals surface area contributed by atoms with Crippen molar-refractivity contribution in [3.63, 3.8) is 0 Å². The Labute approximate surface area is 204 Å². The SMILES string of the molecule is CC12CCC(O)C=C1CCC1C2C(=O)CC2(C)C(C(=O)NC(c3ccccc3)C(F)(F)F)CCC12. The maximum atomic E-state index is 13.9. The number of hydrogen-bond donors (Lipinski definition) is 2. The van der Waals surface area contributed by atoms with E-state index >= 15 is 0 Å². The van der Waals surface area contributed by atoms with Crippen molar-refractivity contribution < 1.29 is 27.9 Å². The molecule has 8 unspecified atom stereocenters. The number of halogens is 3. The predicted molar refractivity (Wildman–Crippen MR) is 125 cm³/mol. The molecule has 1 aromatic rings. The molecule has 0 heterocycles. The number of aliphatic hydroxyl groups is 1. The van der Waals surface area contributed by atoms with Crippen LogP contribution in [-0.4, -0.2) is 29.1 Å². The van der Waals surface area contributed by atoms with E-state index in [2.05, 4.69) is 12.2 Å². The van der Waals surface area contributed by atoms with Crippen molar-refractivity contribution in [3.05, 3.63) is 47.5 Å². The standard InChI is InChI=1S/C28H34F3NO3/c1-26-13-12-18(33)14-17(26)8-9-19-20-10-11-21(27(20,2)15-22(34)23(19)26)25(35)32-24(28(29,30)31)16-6-4-3-5-7-16/h3-7,14,18-21,23-24,33H,8-13,15H2,1-2H3,(H,32,35). The zero-order chi connectivity index (χ0) is 25.2. The van der Waals surface area contributed by atoms with Crippen LogP contribution in [0.5, 0.6) is 0 Å². The Morgan fingerprint density at radius 1 is 1.11 bits per heavy atom. The van der Waals surface area contributed by atoms with Crippen molar-refractivity contribution in [1.29, 1.82) is 0 Å². The van der Waals surface area contributed by atoms with E-state index < -0.39 is 35.6 Å². The highest BCUT2D eigenvalue weighted by atomic mass is 19.4. The Morgan fingerprint density at radius 2 is 1.83 bits per heavy atom. The van der Waals surface area contributed by atoms with Crippen LogP contribution >= 0.6 is 0 Å². The van der Waals surface area contributed by atoms with Crippen molar-refractivity contribution >= 4 is 11.7 Å². The number of rotatable bonds is 3. The zero-order valence-electron chi connectivity index (χ0n) is 20.3. The molecule has 0 saturated heterocycles. The van der Waals surface area contributed by atoms with Gasteiger partial charge in [0.15, 0.2) is 6.04 Å². The minimum Gasteiger partial charge on any atom is -0.389 e. The molecule has 7 heteroatoms. The highest BCUT2D eigenvalue weighted by Crippen LogP contribution is 2.65. The van der Waals surface area contributed by atoms with Gasteiger partial charge < -0.3 is 10.4 Å². The van der Waals surface area contributed by atoms with Crippen LogP contribution in [0.15, 0.2) is 42.0 Å². The summed E-state index contributed by atoms with van der Waals surface area (Å²) in [5.74, 6) is -0.966. The number of benzene rings is 1. The maximum absolute atomic E-state index is 13.9. The molecule has 2 N–H and O–H groups in total. The molecule has 3 fully saturated rings. The number of ketones is 1. The lowest BCUT2D eigenvalue weighted by atomic mass is 9.46. The minimum atomic E-state index is -4.62. The Bertz CT molecular complexity index is 1040. The predicted octanol–water partition coefficient (Wildman–Crippen LogP) is 5.53. The van der Waals surface area contributed by atoms with E-state index in [1.54, 1.807) is 6.07 Å². The van der Waals surface area contributed by atoms with Crippen molar-refractivity contribution in [2.24, 2.45) is 34.5 Å². The van der Waals surface area contributed by atoms with Gasteiger partial charge in [-0.2, -0.15) is 13.2 Å². The van der Waals surface area contributed by atoms with Crippen LogP contribution in [0.4, 0.5) is 13.2 Å². The number of Topliss-reactive ketones (excluding diaryl/α,β-unsaturated/α-hetero) is 1. The summed E-state index contributed by atoms with van der Waals surface area (Å²) < 4.78 is 41.7. The fourth-order valence-electron chi connectivity index (χ4n) is 8.21. The smallest absolute Gasteiger partial charge is 0.389 e. The molecule has 35 heavy (non-hydrogen) atoms. The van der Waals surface area contributed by atoms with Gasteiger partial charge in [-0.1, -0.05) is 55.8 Å². The van der Waals surface area contributed by atoms with E-state index in [1.807, 2.05) is 13.0 Å². The van der Waals surface area contributed by atoms with Crippen LogP contribution in [0.25, 0.3) is 0 Å². The normalized spacial score (nSPS) is 39.7. The average Bonchev–Trinajstić information content (AvgIpc) is 3.14. The number of aliphatic hydroxyl groups excluding tert-OH is 1. The Kier molecular flexibility index (Phi) is 5.93. The molecular weight excluding hydrogens is 455 g/mol. The summed E-state index contributed by atoms with van der Waals surface area (Å²) >= 11 is 0. The first-order valence-corrected chi connectivity index (χ1v) is 12.8. The molecule has 4 nitrogen and oxygen atoms in total. The van der Waals surface area contributed by atoms with Gasteiger partial charge in [0.25, 0.3) is 0 Å². The summed E-state index contributed by atoms with van der Waals surface area (Å²) in [4.78, 5) is 27.1. The van der Waals surface area contributed by atoms with Crippen molar-refractivity contribution in [3.8, 4) is 0 Å². The van der Waals surface area contributed by atoms with Crippen LogP contribution in [0.1, 0.15) is 70.4 Å². The lowest BCUT2D eigenvalue weighted by molar-refractivity contribution is -0.167. The molecule has 1 amide bonds. The first kappa shape index (κ1) is 24.5. The van der Waals surface area contributed by atoms with Crippen molar-refractivity contribution in [2.75, 3.05) is 0 Å². The maximum Gasteiger partial charge on any atom is 0.412 e. The molecule has 1 aromatic carbocycles. The molecule has 4 aliphatic carbocycles. The van der Waals surface area contributed by atoms with Crippen LogP contribution in [0.2, 0.25) is 0 Å². The fourth-order valence-corrected chi connectivity index (χ4v) is 8.21. The van der Waals surface area contributed by atoms with Gasteiger partial charge in [-0.05, 0) is 66.8 Å². The number of amides is 1. The van der Waals surface area contributed by atoms with Gasteiger partial charge in [0.2, 0.25) is 5.91 Å². The molecule has 3 saturated carbocycles. The molecule has 5 rings (SSSR count). The molecule has 4 aliphatic rings. The van der Waals surface area contributed by atoms with Crippen molar-refractivity contribution in [2.45, 2.75) is 77.1 Å². The number of alkyl halides is 3. The van der Waals surface area contributed by atoms with Crippen LogP contribution in [0.3, 0.4) is 0 Å². The Hall–Kier alpha value is -2.15. The van der Waals surface area contributed by atoms with Gasteiger partial charge in [-0.25, -0.2) is 0 Å². The molecule has 0 aromatic heterocycles. The quantitative estimate of drug-likeness (QED) is 0.549. The topological polar surface area (TPSA) is 66.4 Å². The first-order valence-electron chi connectivity index (χ1n) is 12.8. The van der Waals surface area contributed by atoms with Crippen LogP contribution in [-0.2, 0) is 9.59 Å². The number of nitrogens with one attached hydrogen (secondary N) is 1. The lowest BCUT2D eigenvalue weighted by Crippen LogP contribution is -2.56. The summed E-state index contributed by atoms with van der Waals surface area (Å²) in [5.41, 5.74) is 0.278. The molecule has 0 aliphatic heterocycles. The molecule has 0 radical (unpaired) electrons. The van der Waals surface area contributed by atoms with Gasteiger partial charge in [-0.15, -0.1) is 0 Å². The van der Waals surface area contributed by atoms with Gasteiger partial charge >= 0.3 is 6.18 Å². The van der Waals surface area contributed by atoms with Crippen molar-refractivity contribution in [1.82, 2.24) is 5.32 Å². The lowest BCUT2D eigenvalue weighted by Gasteiger charge is -2.57. The van der Waals surface area contributed by atoms with Crippen LogP contribution < -0.4 is 5.32 Å². The van der Waals surface area contributed by atoms with E-state index in [0.29, 0.717) is 12.8 Å². The van der Waals surface area contributed by atoms with Gasteiger partial charge in [0.1, 0.15) is 5.78 Å². The van der Waals surface area contributed by atoms with E-state index in [-0.39, 0.29) is 40.9 Å². The molecule has 0 bridgehead atoms. The summed E-state index contributed by atoms with van der Waals surface area (Å²) in [7, 11) is 0. The zero-order valence-corrected chi connectivity index (χ0v) is 20.3. The summed E-state index contributed by atoms with van der Waals surface area (Å²) in [6.45, 7) is 4.10. The molecule has 8 atom stereocenters. The fraction of sp³-hybridized carbons (Fsp3) is 0.643. The average molecular weight is 490 g/mol. The van der Waals surface area contributed by atoms with E-state index in [1.165, 1.54) is 29.8 Å². The van der Waals surface area contributed by atoms with Gasteiger partial charge in [-0.3, -0.25) is 9.59 Å². The number of fused-ring (bicyclic) bond motifs is 5. The van der Waals surface area contributed by atoms with E-state index in [4.69, 9.17) is 0 Å². The van der Waals surface area contributed by atoms with Gasteiger partial charge in [0, 0.05) is 18.3 Å². The third-order valence-electron chi connectivity index (χ3n) is 9.84. The highest BCUT2D eigenvalue weighted by molar-refractivity contribution is 5.87. The number of carbonyl (C=O) groups is 2. The largest absolute Gasteiger partial charge is 0.412 e. The summed E-state index contributed by atoms with van der Waals surface area (Å²) in [5, 5.41) is 12.4. The number of hydrogen-bond acceptors (Lipinski definition) is 3. The van der Waals surface area contributed by atoms with Crippen LogP contribution in [0, 0.1) is 34.5 Å².